The Bertz CT molecular complexity index is 1080. The van der Waals surface area contributed by atoms with E-state index in [0.717, 1.165) is 16.8 Å². The molecule has 0 aromatic heterocycles. The first-order valence-corrected chi connectivity index (χ1v) is 10.5. The largest absolute Gasteiger partial charge is 0.490 e. The van der Waals surface area contributed by atoms with Gasteiger partial charge in [0, 0.05) is 23.7 Å². The topological polar surface area (TPSA) is 73.6 Å². The number of rotatable bonds is 9. The van der Waals surface area contributed by atoms with Crippen LogP contribution in [0.1, 0.15) is 18.1 Å². The maximum Gasteiger partial charge on any atom is 0.269 e. The van der Waals surface area contributed by atoms with Gasteiger partial charge in [0.05, 0.1) is 27.3 Å². The van der Waals surface area contributed by atoms with Crippen molar-refractivity contribution in [2.24, 2.45) is 0 Å². The highest BCUT2D eigenvalue weighted by atomic mass is 35.5. The first kappa shape index (κ1) is 23.0. The number of anilines is 1. The van der Waals surface area contributed by atoms with Crippen molar-refractivity contribution in [1.82, 2.24) is 0 Å². The van der Waals surface area contributed by atoms with Crippen molar-refractivity contribution < 1.29 is 14.4 Å². The zero-order valence-corrected chi connectivity index (χ0v) is 18.8. The lowest BCUT2D eigenvalue weighted by atomic mass is 10.2. The van der Waals surface area contributed by atoms with Gasteiger partial charge in [-0.05, 0) is 60.5 Å². The van der Waals surface area contributed by atoms with Gasteiger partial charge in [0.1, 0.15) is 6.61 Å². The van der Waals surface area contributed by atoms with Crippen molar-refractivity contribution in [1.29, 1.82) is 0 Å². The van der Waals surface area contributed by atoms with Crippen LogP contribution in [0.5, 0.6) is 11.5 Å². The Labute approximate surface area is 194 Å². The van der Waals surface area contributed by atoms with Crippen LogP contribution < -0.4 is 14.8 Å². The molecular formula is C22H19Cl3N2O4. The third-order valence-electron chi connectivity index (χ3n) is 4.31. The molecule has 162 valence electrons. The summed E-state index contributed by atoms with van der Waals surface area (Å²) in [6.45, 7) is 2.95. The standard InChI is InChI=1S/C22H19Cl3N2O4/c1-2-30-21-10-15(12-26-20-8-5-16(23)11-18(20)24)9-19(25)22(21)31-13-14-3-6-17(7-4-14)27(28)29/h3-11,26H,2,12-13H2,1H3. The molecule has 3 aromatic rings. The quantitative estimate of drug-likeness (QED) is 0.259. The predicted octanol–water partition coefficient (Wildman–Crippen LogP) is 7.14. The average molecular weight is 482 g/mol. The van der Waals surface area contributed by atoms with E-state index in [1.807, 2.05) is 13.0 Å². The normalized spacial score (nSPS) is 10.6. The van der Waals surface area contributed by atoms with Crippen molar-refractivity contribution in [2.75, 3.05) is 11.9 Å². The Hall–Kier alpha value is -2.67. The second-order valence-electron chi connectivity index (χ2n) is 6.53. The summed E-state index contributed by atoms with van der Waals surface area (Å²) in [5, 5.41) is 15.5. The third kappa shape index (κ3) is 6.17. The summed E-state index contributed by atoms with van der Waals surface area (Å²) in [6, 6.07) is 15.0. The zero-order chi connectivity index (χ0) is 22.4. The first-order valence-electron chi connectivity index (χ1n) is 9.37. The predicted molar refractivity (Wildman–Crippen MR) is 124 cm³/mol. The molecule has 0 atom stereocenters. The summed E-state index contributed by atoms with van der Waals surface area (Å²) in [6.07, 6.45) is 0. The van der Waals surface area contributed by atoms with Crippen molar-refractivity contribution in [3.63, 3.8) is 0 Å². The van der Waals surface area contributed by atoms with Crippen LogP contribution in [0.25, 0.3) is 0 Å². The molecule has 9 heteroatoms. The molecule has 0 unspecified atom stereocenters. The minimum absolute atomic E-state index is 0.0226. The second kappa shape index (κ2) is 10.6. The SMILES string of the molecule is CCOc1cc(CNc2ccc(Cl)cc2Cl)cc(Cl)c1OCc1ccc([N+](=O)[O-])cc1. The number of non-ortho nitro benzene ring substituents is 1. The van der Waals surface area contributed by atoms with Gasteiger partial charge in [-0.25, -0.2) is 0 Å². The number of hydrogen-bond donors (Lipinski definition) is 1. The molecule has 0 aliphatic heterocycles. The summed E-state index contributed by atoms with van der Waals surface area (Å²) in [5.41, 5.74) is 2.42. The fourth-order valence-corrected chi connectivity index (χ4v) is 3.59. The van der Waals surface area contributed by atoms with Gasteiger partial charge in [-0.2, -0.15) is 0 Å². The van der Waals surface area contributed by atoms with Gasteiger partial charge >= 0.3 is 0 Å². The summed E-state index contributed by atoms with van der Waals surface area (Å²) >= 11 is 18.6. The summed E-state index contributed by atoms with van der Waals surface area (Å²) in [7, 11) is 0. The Morgan fingerprint density at radius 2 is 1.68 bits per heavy atom. The molecule has 6 nitrogen and oxygen atoms in total. The number of nitro benzene ring substituents is 1. The van der Waals surface area contributed by atoms with Gasteiger partial charge in [-0.15, -0.1) is 0 Å². The van der Waals surface area contributed by atoms with E-state index in [2.05, 4.69) is 5.32 Å². The van der Waals surface area contributed by atoms with Crippen LogP contribution in [0.2, 0.25) is 15.1 Å². The van der Waals surface area contributed by atoms with E-state index in [1.54, 1.807) is 36.4 Å². The monoisotopic (exact) mass is 480 g/mol. The fourth-order valence-electron chi connectivity index (χ4n) is 2.83. The summed E-state index contributed by atoms with van der Waals surface area (Å²) in [4.78, 5) is 10.3. The average Bonchev–Trinajstić information content (AvgIpc) is 2.73. The first-order chi connectivity index (χ1) is 14.9. The van der Waals surface area contributed by atoms with Gasteiger partial charge < -0.3 is 14.8 Å². The number of benzene rings is 3. The highest BCUT2D eigenvalue weighted by molar-refractivity contribution is 6.36. The summed E-state index contributed by atoms with van der Waals surface area (Å²) < 4.78 is 11.6. The fraction of sp³-hybridized carbons (Fsp3) is 0.182. The molecule has 0 aliphatic carbocycles. The van der Waals surface area contributed by atoms with Gasteiger partial charge in [-0.1, -0.05) is 34.8 Å². The van der Waals surface area contributed by atoms with E-state index in [-0.39, 0.29) is 12.3 Å². The van der Waals surface area contributed by atoms with Gasteiger partial charge in [0.2, 0.25) is 0 Å². The van der Waals surface area contributed by atoms with E-state index in [4.69, 9.17) is 44.3 Å². The Balaban J connectivity index is 1.74. The Morgan fingerprint density at radius 3 is 2.32 bits per heavy atom. The smallest absolute Gasteiger partial charge is 0.269 e. The van der Waals surface area contributed by atoms with E-state index in [1.165, 1.54) is 12.1 Å². The zero-order valence-electron chi connectivity index (χ0n) is 16.5. The van der Waals surface area contributed by atoms with E-state index >= 15 is 0 Å². The minimum Gasteiger partial charge on any atom is -0.490 e. The summed E-state index contributed by atoms with van der Waals surface area (Å²) in [5.74, 6) is 0.922. The van der Waals surface area contributed by atoms with Crippen molar-refractivity contribution in [3.8, 4) is 11.5 Å². The van der Waals surface area contributed by atoms with Gasteiger partial charge in [0.15, 0.2) is 11.5 Å². The highest BCUT2D eigenvalue weighted by Crippen LogP contribution is 2.38. The van der Waals surface area contributed by atoms with Gasteiger partial charge in [-0.3, -0.25) is 10.1 Å². The molecule has 3 aromatic carbocycles. The number of halogens is 3. The highest BCUT2D eigenvalue weighted by Gasteiger charge is 2.14. The lowest BCUT2D eigenvalue weighted by Crippen LogP contribution is -2.04. The van der Waals surface area contributed by atoms with Crippen molar-refractivity contribution in [3.05, 3.63) is 90.9 Å². The third-order valence-corrected chi connectivity index (χ3v) is 5.14. The molecule has 1 N–H and O–H groups in total. The Kier molecular flexibility index (Phi) is 7.85. The van der Waals surface area contributed by atoms with E-state index in [9.17, 15) is 10.1 Å². The van der Waals surface area contributed by atoms with Crippen LogP contribution in [0.3, 0.4) is 0 Å². The minimum atomic E-state index is -0.446. The number of nitro groups is 1. The molecule has 0 bridgehead atoms. The van der Waals surface area contributed by atoms with Gasteiger partial charge in [0.25, 0.3) is 5.69 Å². The van der Waals surface area contributed by atoms with E-state index < -0.39 is 4.92 Å². The molecule has 0 spiro atoms. The molecule has 0 fully saturated rings. The molecule has 0 aliphatic rings. The number of ether oxygens (including phenoxy) is 2. The maximum atomic E-state index is 10.8. The molecule has 3 rings (SSSR count). The van der Waals surface area contributed by atoms with E-state index in [0.29, 0.717) is 39.7 Å². The number of hydrogen-bond acceptors (Lipinski definition) is 5. The van der Waals surface area contributed by atoms with Crippen LogP contribution in [-0.4, -0.2) is 11.5 Å². The van der Waals surface area contributed by atoms with Crippen molar-refractivity contribution >= 4 is 46.2 Å². The molecule has 0 saturated heterocycles. The Morgan fingerprint density at radius 1 is 0.935 bits per heavy atom. The molecule has 0 saturated carbocycles. The molecule has 0 heterocycles. The maximum absolute atomic E-state index is 10.8. The van der Waals surface area contributed by atoms with Crippen LogP contribution in [0.4, 0.5) is 11.4 Å². The molecule has 0 radical (unpaired) electrons. The molecule has 0 amide bonds. The van der Waals surface area contributed by atoms with Crippen molar-refractivity contribution in [2.45, 2.75) is 20.1 Å². The van der Waals surface area contributed by atoms with Crippen LogP contribution in [0.15, 0.2) is 54.6 Å². The second-order valence-corrected chi connectivity index (χ2v) is 7.78. The van der Waals surface area contributed by atoms with Crippen LogP contribution in [0, 0.1) is 10.1 Å². The molecular weight excluding hydrogens is 463 g/mol. The lowest BCUT2D eigenvalue weighted by molar-refractivity contribution is -0.384. The molecule has 31 heavy (non-hydrogen) atoms. The van der Waals surface area contributed by atoms with Crippen LogP contribution in [-0.2, 0) is 13.2 Å². The number of nitrogens with zero attached hydrogens (tertiary/aromatic N) is 1. The lowest BCUT2D eigenvalue weighted by Gasteiger charge is -2.16. The van der Waals surface area contributed by atoms with Crippen LogP contribution >= 0.6 is 34.8 Å². The number of nitrogens with one attached hydrogen (secondary N) is 1.